The van der Waals surface area contributed by atoms with Crippen molar-refractivity contribution < 1.29 is 83.4 Å². The molecule has 92 valence electrons. The van der Waals surface area contributed by atoms with Crippen LogP contribution in [-0.2, 0) is 10.7 Å². The van der Waals surface area contributed by atoms with Crippen LogP contribution in [0.3, 0.4) is 0 Å². The van der Waals surface area contributed by atoms with E-state index >= 15 is 0 Å². The molecule has 11 heteroatoms. The first-order valence-electron chi connectivity index (χ1n) is 4.36. The van der Waals surface area contributed by atoms with E-state index in [1.807, 2.05) is 0 Å². The maximum Gasteiger partial charge on any atom is 1.00 e. The number of nitrogens with zero attached hydrogens (tertiary/aromatic N) is 2. The van der Waals surface area contributed by atoms with E-state index in [9.17, 15) is 24.3 Å². The Morgan fingerprint density at radius 2 is 2.00 bits per heavy atom. The molecule has 0 aliphatic carbocycles. The number of aromatic nitrogens is 1. The molecule has 0 spiro atoms. The zero-order valence-corrected chi connectivity index (χ0v) is 15.6. The molecule has 0 saturated carbocycles. The van der Waals surface area contributed by atoms with Gasteiger partial charge in [-0.25, -0.2) is 10.5 Å². The van der Waals surface area contributed by atoms with E-state index in [0.717, 1.165) is 0 Å². The average Bonchev–Trinajstić information content (AvgIpc) is 2.21. The number of rotatable bonds is 4. The van der Waals surface area contributed by atoms with Crippen LogP contribution in [0.25, 0.3) is 0 Å². The molecule has 0 amide bonds. The third kappa shape index (κ3) is 5.71. The molecule has 0 aliphatic rings. The van der Waals surface area contributed by atoms with Gasteiger partial charge in [-0.3, -0.25) is 4.79 Å². The number of hydrogen-bond donors (Lipinski definition) is 2. The van der Waals surface area contributed by atoms with Gasteiger partial charge in [0.2, 0.25) is 0 Å². The van der Waals surface area contributed by atoms with Crippen LogP contribution < -0.4 is 68.9 Å². The number of hydrogen-bond acceptors (Lipinski definition) is 8. The number of carbonyl (C=O) groups excluding carboxylic acids is 1. The Balaban J connectivity index is 0. The maximum atomic E-state index is 10.8. The van der Waals surface area contributed by atoms with Crippen LogP contribution in [0.1, 0.15) is 21.6 Å². The summed E-state index contributed by atoms with van der Waals surface area (Å²) in [5.41, 5.74) is 6.09. The first kappa shape index (κ1) is 21.7. The van der Waals surface area contributed by atoms with Crippen molar-refractivity contribution in [2.75, 3.05) is 0 Å². The van der Waals surface area contributed by atoms with E-state index < -0.39 is 19.5 Å². The largest absolute Gasteiger partial charge is 1.00 e. The van der Waals surface area contributed by atoms with Crippen molar-refractivity contribution in [2.45, 2.75) is 13.1 Å². The predicted octanol–water partition coefficient (Wildman–Crippen LogP) is -6.01. The standard InChI is InChI=1S/C8H10N3O5P.2Na/c1-4-7(13)5(2-12)6(3-17(14,15)16)8(10-4)11-9;;/h2,9,13H,3H2,1H3,(H2,14,15,16);;/q;2*+1/p-2. The summed E-state index contributed by atoms with van der Waals surface area (Å²) < 4.78 is 10.7. The van der Waals surface area contributed by atoms with Crippen molar-refractivity contribution in [3.63, 3.8) is 0 Å². The number of nitrogens with one attached hydrogen (secondary N) is 1. The minimum Gasteiger partial charge on any atom is -0.810 e. The van der Waals surface area contributed by atoms with Gasteiger partial charge in [-0.05, 0) is 6.92 Å². The fourth-order valence-electron chi connectivity index (χ4n) is 1.31. The van der Waals surface area contributed by atoms with E-state index in [-0.39, 0.29) is 88.0 Å². The molecular formula is C8H8N3Na2O5P. The molecule has 19 heavy (non-hydrogen) atoms. The predicted molar refractivity (Wildman–Crippen MR) is 52.1 cm³/mol. The van der Waals surface area contributed by atoms with Crippen LogP contribution in [-0.4, -0.2) is 16.4 Å². The molecule has 1 aromatic rings. The van der Waals surface area contributed by atoms with Crippen LogP contribution >= 0.6 is 7.60 Å². The van der Waals surface area contributed by atoms with Gasteiger partial charge in [0.1, 0.15) is 5.75 Å². The van der Waals surface area contributed by atoms with Crippen LogP contribution in [0.4, 0.5) is 5.82 Å². The van der Waals surface area contributed by atoms with Gasteiger partial charge >= 0.3 is 59.1 Å². The summed E-state index contributed by atoms with van der Waals surface area (Å²) in [6.45, 7) is 1.36. The van der Waals surface area contributed by atoms with Gasteiger partial charge in [0.25, 0.3) is 0 Å². The second-order valence-electron chi connectivity index (χ2n) is 3.26. The minimum absolute atomic E-state index is 0. The van der Waals surface area contributed by atoms with Crippen molar-refractivity contribution in [1.82, 2.24) is 4.98 Å². The molecule has 8 nitrogen and oxygen atoms in total. The summed E-state index contributed by atoms with van der Waals surface area (Å²) in [5.74, 6) is -0.884. The van der Waals surface area contributed by atoms with Crippen molar-refractivity contribution >= 4 is 19.7 Å². The Morgan fingerprint density at radius 3 is 2.37 bits per heavy atom. The van der Waals surface area contributed by atoms with Crippen molar-refractivity contribution in [3.05, 3.63) is 16.8 Å². The van der Waals surface area contributed by atoms with Crippen LogP contribution in [0, 0.1) is 12.5 Å². The minimum atomic E-state index is -4.96. The molecule has 0 aromatic carbocycles. The molecule has 0 saturated heterocycles. The van der Waals surface area contributed by atoms with Gasteiger partial charge in [0, 0.05) is 11.7 Å². The molecule has 0 fully saturated rings. The zero-order chi connectivity index (χ0) is 13.2. The summed E-state index contributed by atoms with van der Waals surface area (Å²) >= 11 is 0. The van der Waals surface area contributed by atoms with E-state index in [4.69, 9.17) is 5.53 Å². The van der Waals surface area contributed by atoms with Gasteiger partial charge in [0.05, 0.1) is 11.3 Å². The van der Waals surface area contributed by atoms with Gasteiger partial charge in [-0.15, -0.1) is 5.11 Å². The summed E-state index contributed by atoms with van der Waals surface area (Å²) in [4.78, 5) is 35.7. The number of aromatic hydroxyl groups is 1. The smallest absolute Gasteiger partial charge is 0.810 e. The summed E-state index contributed by atoms with van der Waals surface area (Å²) in [7, 11) is -4.96. The van der Waals surface area contributed by atoms with Crippen molar-refractivity contribution in [1.29, 1.82) is 5.53 Å². The summed E-state index contributed by atoms with van der Waals surface area (Å²) in [6.07, 6.45) is -0.830. The fraction of sp³-hybridized carbons (Fsp3) is 0.250. The number of pyridine rings is 1. The normalized spacial score (nSPS) is 10.1. The Hall–Kier alpha value is 0.370. The fourth-order valence-corrected chi connectivity index (χ4v) is 2.01. The molecule has 0 bridgehead atoms. The van der Waals surface area contributed by atoms with E-state index in [0.29, 0.717) is 0 Å². The second-order valence-corrected chi connectivity index (χ2v) is 4.80. The molecule has 0 aliphatic heterocycles. The topological polar surface area (TPSA) is 150 Å². The third-order valence-electron chi connectivity index (χ3n) is 2.04. The Morgan fingerprint density at radius 1 is 1.47 bits per heavy atom. The van der Waals surface area contributed by atoms with Crippen LogP contribution in [0.5, 0.6) is 5.75 Å². The molecule has 0 unspecified atom stereocenters. The third-order valence-corrected chi connectivity index (χ3v) is 2.75. The molecule has 1 rings (SSSR count). The Kier molecular flexibility index (Phi) is 9.82. The van der Waals surface area contributed by atoms with Gasteiger partial charge in [-0.1, -0.05) is 7.60 Å². The quantitative estimate of drug-likeness (QED) is 0.245. The monoisotopic (exact) mass is 303 g/mol. The Labute approximate surface area is 153 Å². The molecule has 2 N–H and O–H groups in total. The number of aldehydes is 1. The van der Waals surface area contributed by atoms with Gasteiger partial charge < -0.3 is 19.5 Å². The van der Waals surface area contributed by atoms with E-state index in [1.165, 1.54) is 6.92 Å². The maximum absolute atomic E-state index is 10.8. The van der Waals surface area contributed by atoms with Crippen LogP contribution in [0.2, 0.25) is 0 Å². The second kappa shape index (κ2) is 8.61. The molecule has 0 atom stereocenters. The van der Waals surface area contributed by atoms with Crippen molar-refractivity contribution in [3.8, 4) is 5.75 Å². The van der Waals surface area contributed by atoms with Crippen LogP contribution in [0.15, 0.2) is 5.11 Å². The van der Waals surface area contributed by atoms with E-state index in [1.54, 1.807) is 0 Å². The summed E-state index contributed by atoms with van der Waals surface area (Å²) in [6, 6.07) is 0. The zero-order valence-electron chi connectivity index (χ0n) is 10.7. The molecule has 1 aromatic heterocycles. The van der Waals surface area contributed by atoms with Crippen molar-refractivity contribution in [2.24, 2.45) is 5.11 Å². The SMILES string of the molecule is Cc1nc(N=N)c(CP(=O)([O-])[O-])c(C=O)c1O.[Na+].[Na+]. The Bertz CT molecular complexity index is 534. The molecule has 1 heterocycles. The molecule has 0 radical (unpaired) electrons. The number of aryl methyl sites for hydroxylation is 1. The van der Waals surface area contributed by atoms with Gasteiger partial charge in [0.15, 0.2) is 12.1 Å². The summed E-state index contributed by atoms with van der Waals surface area (Å²) in [5, 5.41) is 12.4. The first-order valence-corrected chi connectivity index (χ1v) is 6.09. The number of carbonyl (C=O) groups is 1. The first-order chi connectivity index (χ1) is 7.80. The molecular weight excluding hydrogens is 295 g/mol. The van der Waals surface area contributed by atoms with E-state index in [2.05, 4.69) is 10.1 Å². The van der Waals surface area contributed by atoms with Gasteiger partial charge in [-0.2, -0.15) is 0 Å². The average molecular weight is 303 g/mol.